The maximum Gasteiger partial charge on any atom is 0.191 e. The van der Waals surface area contributed by atoms with Crippen LogP contribution in [0.25, 0.3) is 0 Å². The molecule has 23 heavy (non-hydrogen) atoms. The third-order valence-electron chi connectivity index (χ3n) is 4.17. The molecule has 1 aromatic heterocycles. The lowest BCUT2D eigenvalue weighted by molar-refractivity contribution is -0.0835. The second-order valence-electron chi connectivity index (χ2n) is 7.27. The van der Waals surface area contributed by atoms with Crippen LogP contribution >= 0.6 is 11.3 Å². The zero-order valence-electron chi connectivity index (χ0n) is 14.9. The Morgan fingerprint density at radius 3 is 2.87 bits per heavy atom. The molecule has 1 saturated heterocycles. The van der Waals surface area contributed by atoms with Gasteiger partial charge in [0.15, 0.2) is 5.96 Å². The van der Waals surface area contributed by atoms with Crippen LogP contribution in [-0.2, 0) is 11.3 Å². The Hall–Kier alpha value is -1.07. The number of ether oxygens (including phenoxy) is 1. The highest BCUT2D eigenvalue weighted by Crippen LogP contribution is 2.33. The van der Waals surface area contributed by atoms with Crippen molar-refractivity contribution in [3.05, 3.63) is 22.4 Å². The number of hydrogen-bond donors (Lipinski definition) is 2. The van der Waals surface area contributed by atoms with E-state index in [0.717, 1.165) is 38.6 Å². The van der Waals surface area contributed by atoms with Gasteiger partial charge in [-0.3, -0.25) is 0 Å². The first-order valence-electron chi connectivity index (χ1n) is 8.65. The topological polar surface area (TPSA) is 45.7 Å². The predicted molar refractivity (Wildman–Crippen MR) is 99.1 cm³/mol. The molecule has 0 radical (unpaired) electrons. The molecule has 0 spiro atoms. The fourth-order valence-electron chi connectivity index (χ4n) is 3.13. The van der Waals surface area contributed by atoms with E-state index in [4.69, 9.17) is 4.74 Å². The number of guanidine groups is 1. The molecule has 4 nitrogen and oxygen atoms in total. The van der Waals surface area contributed by atoms with E-state index in [1.165, 1.54) is 12.0 Å². The number of nitrogens with one attached hydrogen (secondary N) is 2. The molecule has 5 heteroatoms. The van der Waals surface area contributed by atoms with E-state index in [-0.39, 0.29) is 5.41 Å². The second-order valence-corrected chi connectivity index (χ2v) is 8.05. The van der Waals surface area contributed by atoms with Crippen LogP contribution in [0.1, 0.15) is 46.1 Å². The van der Waals surface area contributed by atoms with Crippen LogP contribution in [0, 0.1) is 11.3 Å². The van der Waals surface area contributed by atoms with Crippen molar-refractivity contribution in [2.24, 2.45) is 16.3 Å². The number of nitrogens with zero attached hydrogens (tertiary/aromatic N) is 1. The van der Waals surface area contributed by atoms with Gasteiger partial charge in [0.1, 0.15) is 0 Å². The molecule has 0 aromatic carbocycles. The standard InChI is InChI=1S/C18H31N3OS/c1-5-19-17(20-11-14-8-10-23-13-14)21-12-15-7-6-9-22-16(15)18(2,3)4/h8,10,13,15-16H,5-7,9,11-12H2,1-4H3,(H2,19,20,21). The lowest BCUT2D eigenvalue weighted by Gasteiger charge is -2.40. The lowest BCUT2D eigenvalue weighted by atomic mass is 9.78. The van der Waals surface area contributed by atoms with Gasteiger partial charge in [-0.15, -0.1) is 0 Å². The molecule has 1 aromatic rings. The van der Waals surface area contributed by atoms with Gasteiger partial charge in [-0.1, -0.05) is 20.8 Å². The van der Waals surface area contributed by atoms with Gasteiger partial charge >= 0.3 is 0 Å². The van der Waals surface area contributed by atoms with Gasteiger partial charge in [0.25, 0.3) is 0 Å². The fraction of sp³-hybridized carbons (Fsp3) is 0.722. The van der Waals surface area contributed by atoms with E-state index in [1.54, 1.807) is 11.3 Å². The van der Waals surface area contributed by atoms with E-state index in [0.29, 0.717) is 12.0 Å². The molecule has 2 unspecified atom stereocenters. The average molecular weight is 338 g/mol. The molecule has 0 amide bonds. The van der Waals surface area contributed by atoms with Crippen molar-refractivity contribution in [2.45, 2.75) is 53.2 Å². The maximum absolute atomic E-state index is 6.07. The molecular formula is C18H31N3OS. The summed E-state index contributed by atoms with van der Waals surface area (Å²) in [5, 5.41) is 11.1. The normalized spacial score (nSPS) is 22.9. The molecule has 0 aliphatic carbocycles. The quantitative estimate of drug-likeness (QED) is 0.637. The smallest absolute Gasteiger partial charge is 0.191 e. The Balaban J connectivity index is 1.92. The van der Waals surface area contributed by atoms with Crippen molar-refractivity contribution in [1.29, 1.82) is 0 Å². The highest BCUT2D eigenvalue weighted by Gasteiger charge is 2.35. The molecule has 1 aliphatic rings. The number of rotatable bonds is 5. The molecule has 0 bridgehead atoms. The van der Waals surface area contributed by atoms with Crippen LogP contribution in [0.4, 0.5) is 0 Å². The SMILES string of the molecule is CCNC(=NCc1ccsc1)NCC1CCCOC1C(C)(C)C. The van der Waals surface area contributed by atoms with Crippen LogP contribution in [0.3, 0.4) is 0 Å². The summed E-state index contributed by atoms with van der Waals surface area (Å²) in [5.74, 6) is 1.44. The summed E-state index contributed by atoms with van der Waals surface area (Å²) in [6.07, 6.45) is 2.68. The molecule has 1 fully saturated rings. The molecule has 0 saturated carbocycles. The maximum atomic E-state index is 6.07. The summed E-state index contributed by atoms with van der Waals surface area (Å²) in [7, 11) is 0. The Morgan fingerprint density at radius 1 is 1.39 bits per heavy atom. The second kappa shape index (κ2) is 8.69. The van der Waals surface area contributed by atoms with E-state index in [2.05, 4.69) is 60.1 Å². The van der Waals surface area contributed by atoms with E-state index >= 15 is 0 Å². The fourth-order valence-corrected chi connectivity index (χ4v) is 3.79. The van der Waals surface area contributed by atoms with Crippen molar-refractivity contribution < 1.29 is 4.74 Å². The van der Waals surface area contributed by atoms with Crippen LogP contribution in [0.5, 0.6) is 0 Å². The number of thiophene rings is 1. The molecule has 2 rings (SSSR count). The Labute approximate surface area is 144 Å². The van der Waals surface area contributed by atoms with Gasteiger partial charge in [0.2, 0.25) is 0 Å². The van der Waals surface area contributed by atoms with Crippen LogP contribution in [0.2, 0.25) is 0 Å². The Bertz CT molecular complexity index is 479. The molecule has 2 N–H and O–H groups in total. The Morgan fingerprint density at radius 2 is 2.22 bits per heavy atom. The molecule has 130 valence electrons. The first-order chi connectivity index (χ1) is 11.0. The van der Waals surface area contributed by atoms with E-state index in [1.807, 2.05) is 0 Å². The molecule has 1 aliphatic heterocycles. The summed E-state index contributed by atoms with van der Waals surface area (Å²) in [4.78, 5) is 4.69. The summed E-state index contributed by atoms with van der Waals surface area (Å²) in [5.41, 5.74) is 1.44. The third kappa shape index (κ3) is 5.81. The zero-order chi connectivity index (χ0) is 16.7. The van der Waals surface area contributed by atoms with E-state index < -0.39 is 0 Å². The van der Waals surface area contributed by atoms with Gasteiger partial charge in [0.05, 0.1) is 12.6 Å². The number of aliphatic imine (C=N–C) groups is 1. The summed E-state index contributed by atoms with van der Waals surface area (Å²) in [6.45, 7) is 12.3. The Kier molecular flexibility index (Phi) is 6.90. The van der Waals surface area contributed by atoms with Crippen molar-refractivity contribution in [1.82, 2.24) is 10.6 Å². The first-order valence-corrected chi connectivity index (χ1v) is 9.60. The number of hydrogen-bond acceptors (Lipinski definition) is 3. The van der Waals surface area contributed by atoms with Gasteiger partial charge in [0, 0.05) is 25.6 Å². The van der Waals surface area contributed by atoms with Crippen LogP contribution < -0.4 is 10.6 Å². The lowest BCUT2D eigenvalue weighted by Crippen LogP contribution is -2.47. The first kappa shape index (κ1) is 18.3. The van der Waals surface area contributed by atoms with Crippen LogP contribution in [0.15, 0.2) is 21.8 Å². The van der Waals surface area contributed by atoms with Gasteiger partial charge in [-0.2, -0.15) is 11.3 Å². The van der Waals surface area contributed by atoms with Crippen molar-refractivity contribution >= 4 is 17.3 Å². The third-order valence-corrected chi connectivity index (χ3v) is 4.91. The zero-order valence-corrected chi connectivity index (χ0v) is 15.7. The van der Waals surface area contributed by atoms with Gasteiger partial charge in [-0.05, 0) is 47.6 Å². The summed E-state index contributed by atoms with van der Waals surface area (Å²) < 4.78 is 6.07. The average Bonchev–Trinajstić information content (AvgIpc) is 3.03. The van der Waals surface area contributed by atoms with Crippen LogP contribution in [-0.4, -0.2) is 31.8 Å². The molecule has 2 heterocycles. The summed E-state index contributed by atoms with van der Waals surface area (Å²) in [6, 6.07) is 2.13. The summed E-state index contributed by atoms with van der Waals surface area (Å²) >= 11 is 1.72. The van der Waals surface area contributed by atoms with Gasteiger partial charge < -0.3 is 15.4 Å². The van der Waals surface area contributed by atoms with Crippen molar-refractivity contribution in [3.63, 3.8) is 0 Å². The van der Waals surface area contributed by atoms with Gasteiger partial charge in [-0.25, -0.2) is 4.99 Å². The minimum atomic E-state index is 0.179. The minimum absolute atomic E-state index is 0.179. The highest BCUT2D eigenvalue weighted by molar-refractivity contribution is 7.07. The largest absolute Gasteiger partial charge is 0.377 e. The van der Waals surface area contributed by atoms with Crippen molar-refractivity contribution in [3.8, 4) is 0 Å². The monoisotopic (exact) mass is 337 g/mol. The predicted octanol–water partition coefficient (Wildman–Crippen LogP) is 3.64. The molecule has 2 atom stereocenters. The van der Waals surface area contributed by atoms with E-state index in [9.17, 15) is 0 Å². The highest BCUT2D eigenvalue weighted by atomic mass is 32.1. The molecular weight excluding hydrogens is 306 g/mol. The van der Waals surface area contributed by atoms with Crippen molar-refractivity contribution in [2.75, 3.05) is 19.7 Å². The minimum Gasteiger partial charge on any atom is -0.377 e.